The molecular weight excluding hydrogens is 304 g/mol. The summed E-state index contributed by atoms with van der Waals surface area (Å²) >= 11 is 6.14. The number of nitrogens with one attached hydrogen (secondary N) is 1. The molecule has 22 heavy (non-hydrogen) atoms. The van der Waals surface area contributed by atoms with Crippen molar-refractivity contribution in [2.75, 3.05) is 0 Å². The Morgan fingerprint density at radius 1 is 1.45 bits per heavy atom. The number of hydrogen-bond donors (Lipinski definition) is 1. The van der Waals surface area contributed by atoms with Crippen molar-refractivity contribution in [2.45, 2.75) is 39.8 Å². The minimum atomic E-state index is -0.280. The zero-order chi connectivity index (χ0) is 16.1. The number of oxazole rings is 1. The average molecular weight is 323 g/mol. The van der Waals surface area contributed by atoms with Gasteiger partial charge in [-0.15, -0.1) is 0 Å². The smallest absolute Gasteiger partial charge is 0.253 e. The standard InChI is InChI=1S/C16H19ClN2O3/c1-4-11-8-18-15(22-11)9-19-16(20)13-6-5-12(7-14(13)17)21-10(2)3/h5-8,10H,4,9H2,1-3H3,(H,19,20). The highest BCUT2D eigenvalue weighted by molar-refractivity contribution is 6.34. The molecule has 0 unspecified atom stereocenters. The van der Waals surface area contributed by atoms with Gasteiger partial charge in [0.2, 0.25) is 5.89 Å². The van der Waals surface area contributed by atoms with Crippen LogP contribution in [0.15, 0.2) is 28.8 Å². The number of halogens is 1. The lowest BCUT2D eigenvalue weighted by Gasteiger charge is -2.11. The summed E-state index contributed by atoms with van der Waals surface area (Å²) in [5.74, 6) is 1.62. The Labute approximate surface area is 134 Å². The van der Waals surface area contributed by atoms with E-state index in [1.165, 1.54) is 0 Å². The van der Waals surface area contributed by atoms with Crippen LogP contribution in [0.3, 0.4) is 0 Å². The van der Waals surface area contributed by atoms with Gasteiger partial charge in [-0.25, -0.2) is 4.98 Å². The zero-order valence-electron chi connectivity index (χ0n) is 12.9. The summed E-state index contributed by atoms with van der Waals surface area (Å²) in [6.07, 6.45) is 2.48. The van der Waals surface area contributed by atoms with Crippen molar-refractivity contribution in [1.29, 1.82) is 0 Å². The highest BCUT2D eigenvalue weighted by atomic mass is 35.5. The topological polar surface area (TPSA) is 64.4 Å². The first-order valence-corrected chi connectivity index (χ1v) is 7.55. The van der Waals surface area contributed by atoms with Gasteiger partial charge in [0.25, 0.3) is 5.91 Å². The second-order valence-corrected chi connectivity index (χ2v) is 5.47. The van der Waals surface area contributed by atoms with Crippen molar-refractivity contribution >= 4 is 17.5 Å². The van der Waals surface area contributed by atoms with Crippen LogP contribution in [0.25, 0.3) is 0 Å². The van der Waals surface area contributed by atoms with Crippen molar-refractivity contribution in [3.05, 3.63) is 46.6 Å². The van der Waals surface area contributed by atoms with Gasteiger partial charge in [-0.3, -0.25) is 4.79 Å². The average Bonchev–Trinajstić information content (AvgIpc) is 2.92. The molecule has 1 aromatic carbocycles. The zero-order valence-corrected chi connectivity index (χ0v) is 13.6. The van der Waals surface area contributed by atoms with Gasteiger partial charge in [-0.05, 0) is 32.0 Å². The highest BCUT2D eigenvalue weighted by Crippen LogP contribution is 2.23. The molecule has 1 aromatic heterocycles. The van der Waals surface area contributed by atoms with E-state index in [1.807, 2.05) is 20.8 Å². The number of hydrogen-bond acceptors (Lipinski definition) is 4. The summed E-state index contributed by atoms with van der Waals surface area (Å²) in [4.78, 5) is 16.2. The van der Waals surface area contributed by atoms with Crippen molar-refractivity contribution < 1.29 is 13.9 Å². The number of rotatable bonds is 6. The van der Waals surface area contributed by atoms with Crippen LogP contribution in [0.1, 0.15) is 42.8 Å². The molecule has 0 aliphatic carbocycles. The Morgan fingerprint density at radius 2 is 2.23 bits per heavy atom. The quantitative estimate of drug-likeness (QED) is 0.882. The fraction of sp³-hybridized carbons (Fsp3) is 0.375. The predicted octanol–water partition coefficient (Wildman–Crippen LogP) is 3.61. The predicted molar refractivity (Wildman–Crippen MR) is 84.3 cm³/mol. The third-order valence-electron chi connectivity index (χ3n) is 2.91. The first-order chi connectivity index (χ1) is 10.5. The van der Waals surface area contributed by atoms with E-state index in [4.69, 9.17) is 20.8 Å². The Hall–Kier alpha value is -2.01. The van der Waals surface area contributed by atoms with Crippen molar-refractivity contribution in [2.24, 2.45) is 0 Å². The van der Waals surface area contributed by atoms with Gasteiger partial charge in [-0.2, -0.15) is 0 Å². The summed E-state index contributed by atoms with van der Waals surface area (Å²) in [5.41, 5.74) is 0.389. The molecular formula is C16H19ClN2O3. The number of benzene rings is 1. The minimum absolute atomic E-state index is 0.0496. The third kappa shape index (κ3) is 4.24. The molecule has 1 N–H and O–H groups in total. The normalized spacial score (nSPS) is 10.8. The molecule has 2 rings (SSSR count). The number of nitrogens with zero attached hydrogens (tertiary/aromatic N) is 1. The number of aryl methyl sites for hydroxylation is 1. The molecule has 1 heterocycles. The molecule has 0 saturated carbocycles. The van der Waals surface area contributed by atoms with E-state index in [0.717, 1.165) is 12.2 Å². The molecule has 0 bridgehead atoms. The number of aromatic nitrogens is 1. The maximum Gasteiger partial charge on any atom is 0.253 e. The van der Waals surface area contributed by atoms with E-state index in [-0.39, 0.29) is 18.6 Å². The SMILES string of the molecule is CCc1cnc(CNC(=O)c2ccc(OC(C)C)cc2Cl)o1. The van der Waals surface area contributed by atoms with E-state index >= 15 is 0 Å². The second-order valence-electron chi connectivity index (χ2n) is 5.06. The molecule has 0 aliphatic heterocycles. The van der Waals surface area contributed by atoms with E-state index < -0.39 is 0 Å². The maximum atomic E-state index is 12.1. The largest absolute Gasteiger partial charge is 0.491 e. The van der Waals surface area contributed by atoms with Gasteiger partial charge in [-0.1, -0.05) is 18.5 Å². The lowest BCUT2D eigenvalue weighted by Crippen LogP contribution is -2.23. The van der Waals surface area contributed by atoms with E-state index in [9.17, 15) is 4.79 Å². The summed E-state index contributed by atoms with van der Waals surface area (Å²) in [5, 5.41) is 3.08. The van der Waals surface area contributed by atoms with Crippen LogP contribution >= 0.6 is 11.6 Å². The summed E-state index contributed by atoms with van der Waals surface area (Å²) < 4.78 is 11.0. The molecule has 0 atom stereocenters. The molecule has 1 amide bonds. The van der Waals surface area contributed by atoms with Crippen LogP contribution in [0.4, 0.5) is 0 Å². The number of ether oxygens (including phenoxy) is 1. The lowest BCUT2D eigenvalue weighted by molar-refractivity contribution is 0.0947. The molecule has 118 valence electrons. The summed E-state index contributed by atoms with van der Waals surface area (Å²) in [6, 6.07) is 5.00. The Bertz CT molecular complexity index is 653. The summed E-state index contributed by atoms with van der Waals surface area (Å²) in [7, 11) is 0. The lowest BCUT2D eigenvalue weighted by atomic mass is 10.2. The number of amides is 1. The van der Waals surface area contributed by atoms with Crippen LogP contribution in [-0.2, 0) is 13.0 Å². The second kappa shape index (κ2) is 7.31. The minimum Gasteiger partial charge on any atom is -0.491 e. The fourth-order valence-electron chi connectivity index (χ4n) is 1.87. The van der Waals surface area contributed by atoms with E-state index in [0.29, 0.717) is 22.2 Å². The summed E-state index contributed by atoms with van der Waals surface area (Å²) in [6.45, 7) is 6.05. The van der Waals surface area contributed by atoms with Crippen LogP contribution < -0.4 is 10.1 Å². The first-order valence-electron chi connectivity index (χ1n) is 7.17. The van der Waals surface area contributed by atoms with Crippen LogP contribution in [0.5, 0.6) is 5.75 Å². The molecule has 0 spiro atoms. The molecule has 0 radical (unpaired) electrons. The van der Waals surface area contributed by atoms with Gasteiger partial charge in [0.05, 0.1) is 29.4 Å². The van der Waals surface area contributed by atoms with E-state index in [1.54, 1.807) is 24.4 Å². The van der Waals surface area contributed by atoms with Crippen LogP contribution in [0.2, 0.25) is 5.02 Å². The molecule has 0 saturated heterocycles. The van der Waals surface area contributed by atoms with Gasteiger partial charge in [0, 0.05) is 6.42 Å². The van der Waals surface area contributed by atoms with Gasteiger partial charge >= 0.3 is 0 Å². The van der Waals surface area contributed by atoms with E-state index in [2.05, 4.69) is 10.3 Å². The van der Waals surface area contributed by atoms with Crippen LogP contribution in [0, 0.1) is 0 Å². The Balaban J connectivity index is 2.00. The Morgan fingerprint density at radius 3 is 2.82 bits per heavy atom. The molecule has 0 aliphatic rings. The Kier molecular flexibility index (Phi) is 5.44. The molecule has 6 heteroatoms. The highest BCUT2D eigenvalue weighted by Gasteiger charge is 2.13. The first kappa shape index (κ1) is 16.4. The van der Waals surface area contributed by atoms with Crippen molar-refractivity contribution in [1.82, 2.24) is 10.3 Å². The monoisotopic (exact) mass is 322 g/mol. The van der Waals surface area contributed by atoms with Crippen molar-refractivity contribution in [3.63, 3.8) is 0 Å². The van der Waals surface area contributed by atoms with Gasteiger partial charge in [0.1, 0.15) is 11.5 Å². The van der Waals surface area contributed by atoms with Crippen LogP contribution in [-0.4, -0.2) is 17.0 Å². The third-order valence-corrected chi connectivity index (χ3v) is 3.22. The molecule has 2 aromatic rings. The number of carbonyl (C=O) groups is 1. The van der Waals surface area contributed by atoms with Gasteiger partial charge < -0.3 is 14.5 Å². The fourth-order valence-corrected chi connectivity index (χ4v) is 2.13. The number of carbonyl (C=O) groups excluding carboxylic acids is 1. The van der Waals surface area contributed by atoms with Gasteiger partial charge in [0.15, 0.2) is 0 Å². The molecule has 5 nitrogen and oxygen atoms in total. The van der Waals surface area contributed by atoms with Crippen molar-refractivity contribution in [3.8, 4) is 5.75 Å². The molecule has 0 fully saturated rings. The maximum absolute atomic E-state index is 12.1.